The van der Waals surface area contributed by atoms with Crippen LogP contribution in [0.4, 0.5) is 5.69 Å². The maximum Gasteiger partial charge on any atom is 0.226 e. The SMILES string of the molecule is CC(C)C(=O)Nc1cccc(C2CN3CCSC3=N2)c1.Cl. The fraction of sp³-hybridized carbons (Fsp3) is 0.467. The van der Waals surface area contributed by atoms with Crippen LogP contribution in [0.5, 0.6) is 0 Å². The second kappa shape index (κ2) is 6.71. The number of hydrogen-bond acceptors (Lipinski definition) is 4. The fourth-order valence-electron chi connectivity index (χ4n) is 2.40. The molecule has 1 amide bonds. The first-order valence-corrected chi connectivity index (χ1v) is 7.98. The lowest BCUT2D eigenvalue weighted by Gasteiger charge is -2.14. The highest BCUT2D eigenvalue weighted by molar-refractivity contribution is 8.14. The Bertz CT molecular complexity index is 562. The van der Waals surface area contributed by atoms with Crippen molar-refractivity contribution >= 4 is 40.9 Å². The number of amidine groups is 1. The van der Waals surface area contributed by atoms with Crippen molar-refractivity contribution in [1.82, 2.24) is 4.90 Å². The number of nitrogens with zero attached hydrogens (tertiary/aromatic N) is 2. The molecule has 6 heteroatoms. The van der Waals surface area contributed by atoms with Gasteiger partial charge < -0.3 is 10.2 Å². The molecular weight excluding hydrogens is 306 g/mol. The molecule has 0 bridgehead atoms. The zero-order valence-corrected chi connectivity index (χ0v) is 13.8. The smallest absolute Gasteiger partial charge is 0.226 e. The molecule has 0 saturated carbocycles. The summed E-state index contributed by atoms with van der Waals surface area (Å²) in [5.41, 5.74) is 2.04. The lowest BCUT2D eigenvalue weighted by Crippen LogP contribution is -2.22. The lowest BCUT2D eigenvalue weighted by molar-refractivity contribution is -0.118. The Morgan fingerprint density at radius 2 is 2.29 bits per heavy atom. The highest BCUT2D eigenvalue weighted by Gasteiger charge is 2.30. The van der Waals surface area contributed by atoms with E-state index < -0.39 is 0 Å². The molecule has 1 aromatic carbocycles. The first kappa shape index (κ1) is 16.2. The van der Waals surface area contributed by atoms with Crippen LogP contribution in [-0.2, 0) is 4.79 Å². The summed E-state index contributed by atoms with van der Waals surface area (Å²) in [5, 5.41) is 4.12. The Labute approximate surface area is 135 Å². The third kappa shape index (κ3) is 3.52. The molecule has 1 atom stereocenters. The number of hydrogen-bond donors (Lipinski definition) is 1. The van der Waals surface area contributed by atoms with Gasteiger partial charge in [-0.25, -0.2) is 0 Å². The molecule has 2 aliphatic rings. The summed E-state index contributed by atoms with van der Waals surface area (Å²) in [6, 6.07) is 8.26. The Morgan fingerprint density at radius 3 is 3.00 bits per heavy atom. The van der Waals surface area contributed by atoms with Gasteiger partial charge in [0.25, 0.3) is 0 Å². The zero-order chi connectivity index (χ0) is 14.1. The van der Waals surface area contributed by atoms with Crippen LogP contribution in [-0.4, -0.2) is 34.8 Å². The minimum atomic E-state index is -0.00718. The van der Waals surface area contributed by atoms with Crippen molar-refractivity contribution < 1.29 is 4.79 Å². The molecule has 1 saturated heterocycles. The summed E-state index contributed by atoms with van der Waals surface area (Å²) in [6.07, 6.45) is 0. The van der Waals surface area contributed by atoms with Crippen LogP contribution in [0.1, 0.15) is 25.5 Å². The molecule has 0 spiro atoms. The van der Waals surface area contributed by atoms with Gasteiger partial charge in [0, 0.05) is 30.4 Å². The third-order valence-corrected chi connectivity index (χ3v) is 4.59. The number of aliphatic imine (C=N–C) groups is 1. The summed E-state index contributed by atoms with van der Waals surface area (Å²) < 4.78 is 0. The van der Waals surface area contributed by atoms with Gasteiger partial charge in [0.05, 0.1) is 6.04 Å². The quantitative estimate of drug-likeness (QED) is 0.928. The molecule has 2 heterocycles. The van der Waals surface area contributed by atoms with E-state index >= 15 is 0 Å². The molecule has 1 N–H and O–H groups in total. The van der Waals surface area contributed by atoms with Crippen molar-refractivity contribution in [2.75, 3.05) is 24.2 Å². The summed E-state index contributed by atoms with van der Waals surface area (Å²) in [6.45, 7) is 5.86. The second-order valence-electron chi connectivity index (χ2n) is 5.49. The lowest BCUT2D eigenvalue weighted by atomic mass is 10.1. The standard InChI is InChI=1S/C15H19N3OS.ClH/c1-10(2)14(19)16-12-5-3-4-11(8-12)13-9-18-6-7-20-15(18)17-13;/h3-5,8,10,13H,6-7,9H2,1-2H3,(H,16,19);1H. The van der Waals surface area contributed by atoms with E-state index in [9.17, 15) is 4.79 Å². The number of carbonyl (C=O) groups is 1. The van der Waals surface area contributed by atoms with Crippen molar-refractivity contribution in [2.24, 2.45) is 10.9 Å². The Morgan fingerprint density at radius 1 is 1.48 bits per heavy atom. The first-order chi connectivity index (χ1) is 9.63. The van der Waals surface area contributed by atoms with Crippen molar-refractivity contribution in [3.8, 4) is 0 Å². The summed E-state index contributed by atoms with van der Waals surface area (Å²) in [7, 11) is 0. The van der Waals surface area contributed by atoms with E-state index in [-0.39, 0.29) is 30.3 Å². The number of halogens is 1. The number of rotatable bonds is 3. The number of amides is 1. The number of nitrogens with one attached hydrogen (secondary N) is 1. The molecule has 3 rings (SSSR count). The average molecular weight is 326 g/mol. The van der Waals surface area contributed by atoms with Gasteiger partial charge in [-0.05, 0) is 17.7 Å². The molecule has 0 radical (unpaired) electrons. The van der Waals surface area contributed by atoms with Gasteiger partial charge in [0.2, 0.25) is 5.91 Å². The van der Waals surface area contributed by atoms with Crippen molar-refractivity contribution in [1.29, 1.82) is 0 Å². The van der Waals surface area contributed by atoms with E-state index in [2.05, 4.69) is 16.3 Å². The average Bonchev–Trinajstić information content (AvgIpc) is 2.99. The van der Waals surface area contributed by atoms with Gasteiger partial charge in [0.1, 0.15) is 0 Å². The van der Waals surface area contributed by atoms with E-state index in [0.29, 0.717) is 0 Å². The molecule has 1 aromatic rings. The minimum Gasteiger partial charge on any atom is -0.348 e. The molecule has 2 aliphatic heterocycles. The predicted octanol–water partition coefficient (Wildman–Crippen LogP) is 3.16. The summed E-state index contributed by atoms with van der Waals surface area (Å²) in [5.74, 6) is 1.19. The second-order valence-corrected chi connectivity index (χ2v) is 6.55. The van der Waals surface area contributed by atoms with E-state index in [1.165, 1.54) is 10.7 Å². The van der Waals surface area contributed by atoms with Gasteiger partial charge in [-0.2, -0.15) is 0 Å². The van der Waals surface area contributed by atoms with E-state index in [0.717, 1.165) is 24.5 Å². The Balaban J connectivity index is 0.00000161. The van der Waals surface area contributed by atoms with Crippen molar-refractivity contribution in [3.05, 3.63) is 29.8 Å². The summed E-state index contributed by atoms with van der Waals surface area (Å²) in [4.78, 5) is 18.9. The van der Waals surface area contributed by atoms with E-state index in [1.54, 1.807) is 0 Å². The maximum absolute atomic E-state index is 11.8. The third-order valence-electron chi connectivity index (χ3n) is 3.59. The maximum atomic E-state index is 11.8. The van der Waals surface area contributed by atoms with Crippen LogP contribution in [0.15, 0.2) is 29.3 Å². The molecule has 1 fully saturated rings. The Kier molecular flexibility index (Phi) is 5.17. The summed E-state index contributed by atoms with van der Waals surface area (Å²) >= 11 is 1.84. The Hall–Kier alpha value is -1.20. The number of carbonyl (C=O) groups excluding carboxylic acids is 1. The molecule has 4 nitrogen and oxygen atoms in total. The molecule has 0 aliphatic carbocycles. The van der Waals surface area contributed by atoms with Gasteiger partial charge in [-0.15, -0.1) is 12.4 Å². The van der Waals surface area contributed by atoms with Crippen LogP contribution >= 0.6 is 24.2 Å². The number of anilines is 1. The number of benzene rings is 1. The monoisotopic (exact) mass is 325 g/mol. The van der Waals surface area contributed by atoms with Crippen molar-refractivity contribution in [2.45, 2.75) is 19.9 Å². The minimum absolute atomic E-state index is 0. The van der Waals surface area contributed by atoms with Crippen LogP contribution < -0.4 is 5.32 Å². The van der Waals surface area contributed by atoms with Crippen LogP contribution in [0.25, 0.3) is 0 Å². The highest BCUT2D eigenvalue weighted by Crippen LogP contribution is 2.33. The topological polar surface area (TPSA) is 44.7 Å². The zero-order valence-electron chi connectivity index (χ0n) is 12.2. The van der Waals surface area contributed by atoms with Crippen molar-refractivity contribution in [3.63, 3.8) is 0 Å². The molecule has 21 heavy (non-hydrogen) atoms. The van der Waals surface area contributed by atoms with E-state index in [1.807, 2.05) is 43.8 Å². The van der Waals surface area contributed by atoms with Gasteiger partial charge in [-0.3, -0.25) is 9.79 Å². The highest BCUT2D eigenvalue weighted by atomic mass is 35.5. The van der Waals surface area contributed by atoms with Gasteiger partial charge in [0.15, 0.2) is 5.17 Å². The molecule has 114 valence electrons. The fourth-order valence-corrected chi connectivity index (χ4v) is 3.44. The molecule has 1 unspecified atom stereocenters. The van der Waals surface area contributed by atoms with Crippen LogP contribution in [0, 0.1) is 5.92 Å². The molecule has 0 aromatic heterocycles. The number of fused-ring (bicyclic) bond motifs is 1. The van der Waals surface area contributed by atoms with E-state index in [4.69, 9.17) is 4.99 Å². The van der Waals surface area contributed by atoms with Crippen LogP contribution in [0.3, 0.4) is 0 Å². The predicted molar refractivity (Wildman–Crippen MR) is 91.4 cm³/mol. The first-order valence-electron chi connectivity index (χ1n) is 7.00. The van der Waals surface area contributed by atoms with Gasteiger partial charge >= 0.3 is 0 Å². The number of thioether (sulfide) groups is 1. The normalized spacial score (nSPS) is 20.0. The largest absolute Gasteiger partial charge is 0.348 e. The van der Waals surface area contributed by atoms with Crippen LogP contribution in [0.2, 0.25) is 0 Å². The van der Waals surface area contributed by atoms with Gasteiger partial charge in [-0.1, -0.05) is 37.7 Å². The molecular formula is C15H20ClN3OS.